The lowest BCUT2D eigenvalue weighted by molar-refractivity contribution is -0.121. The first kappa shape index (κ1) is 20.7. The van der Waals surface area contributed by atoms with Gasteiger partial charge in [-0.2, -0.15) is 0 Å². The van der Waals surface area contributed by atoms with E-state index in [2.05, 4.69) is 79.5 Å². The lowest BCUT2D eigenvalue weighted by Crippen LogP contribution is -2.43. The molecule has 4 heteroatoms. The summed E-state index contributed by atoms with van der Waals surface area (Å²) >= 11 is 0. The van der Waals surface area contributed by atoms with Crippen LogP contribution in [0.3, 0.4) is 0 Å². The van der Waals surface area contributed by atoms with E-state index in [1.54, 1.807) is 0 Å². The van der Waals surface area contributed by atoms with Crippen LogP contribution in [0.4, 0.5) is 0 Å². The monoisotopic (exact) mass is 403 g/mol. The molecule has 2 aromatic carbocycles. The van der Waals surface area contributed by atoms with Gasteiger partial charge in [-0.1, -0.05) is 55.8 Å². The molecule has 1 fully saturated rings. The molecule has 1 aliphatic heterocycles. The van der Waals surface area contributed by atoms with Crippen molar-refractivity contribution in [1.82, 2.24) is 14.8 Å². The summed E-state index contributed by atoms with van der Waals surface area (Å²) in [6.07, 6.45) is 3.32. The van der Waals surface area contributed by atoms with Crippen molar-refractivity contribution < 1.29 is 4.79 Å². The first-order valence-electron chi connectivity index (χ1n) is 11.1. The van der Waals surface area contributed by atoms with Gasteiger partial charge in [-0.15, -0.1) is 0 Å². The number of rotatable bonds is 6. The van der Waals surface area contributed by atoms with Crippen molar-refractivity contribution in [3.05, 3.63) is 60.3 Å². The van der Waals surface area contributed by atoms with E-state index in [1.807, 2.05) is 10.8 Å². The average molecular weight is 404 g/mol. The zero-order valence-electron chi connectivity index (χ0n) is 18.4. The number of carbonyl (C=O) groups excluding carboxylic acids is 1. The van der Waals surface area contributed by atoms with Crippen molar-refractivity contribution in [1.29, 1.82) is 0 Å². The maximum atomic E-state index is 12.6. The fourth-order valence-corrected chi connectivity index (χ4v) is 4.79. The molecule has 1 aliphatic rings. The molecule has 30 heavy (non-hydrogen) atoms. The Bertz CT molecular complexity index is 995. The second-order valence-corrected chi connectivity index (χ2v) is 9.14. The minimum atomic E-state index is 0.0753. The number of hydrogen-bond donors (Lipinski definition) is 1. The summed E-state index contributed by atoms with van der Waals surface area (Å²) in [6.45, 7) is 11.0. The van der Waals surface area contributed by atoms with E-state index in [4.69, 9.17) is 0 Å². The highest BCUT2D eigenvalue weighted by atomic mass is 16.1. The summed E-state index contributed by atoms with van der Waals surface area (Å²) < 4.78 is 2.05. The van der Waals surface area contributed by atoms with Crippen LogP contribution >= 0.6 is 0 Å². The van der Waals surface area contributed by atoms with Gasteiger partial charge in [-0.25, -0.2) is 0 Å². The Morgan fingerprint density at radius 1 is 1.00 bits per heavy atom. The van der Waals surface area contributed by atoms with Gasteiger partial charge in [0.1, 0.15) is 6.54 Å². The van der Waals surface area contributed by atoms with Gasteiger partial charge in [-0.05, 0) is 53.8 Å². The summed E-state index contributed by atoms with van der Waals surface area (Å²) in [4.78, 5) is 15.1. The van der Waals surface area contributed by atoms with Crippen LogP contribution in [0.5, 0.6) is 0 Å². The Morgan fingerprint density at radius 2 is 1.70 bits per heavy atom. The van der Waals surface area contributed by atoms with Crippen LogP contribution in [0.1, 0.15) is 25.8 Å². The molecule has 1 amide bonds. The maximum Gasteiger partial charge on any atom is 0.239 e. The highest BCUT2D eigenvalue weighted by Crippen LogP contribution is 2.25. The largest absolute Gasteiger partial charge is 0.353 e. The Hall–Kier alpha value is -2.59. The highest BCUT2D eigenvalue weighted by Gasteiger charge is 2.21. The molecule has 1 aromatic heterocycles. The number of hydrogen-bond acceptors (Lipinski definition) is 2. The molecule has 0 saturated carbocycles. The third-order valence-corrected chi connectivity index (χ3v) is 6.17. The van der Waals surface area contributed by atoms with Gasteiger partial charge in [0.25, 0.3) is 0 Å². The molecule has 3 aromatic rings. The molecule has 2 atom stereocenters. The zero-order valence-corrected chi connectivity index (χ0v) is 18.4. The highest BCUT2D eigenvalue weighted by molar-refractivity contribution is 5.87. The summed E-state index contributed by atoms with van der Waals surface area (Å²) in [7, 11) is 0. The third kappa shape index (κ3) is 4.93. The van der Waals surface area contributed by atoms with Crippen LogP contribution in [0.25, 0.3) is 22.0 Å². The third-order valence-electron chi connectivity index (χ3n) is 6.17. The molecule has 4 rings (SSSR count). The zero-order chi connectivity index (χ0) is 21.1. The van der Waals surface area contributed by atoms with Crippen LogP contribution in [-0.2, 0) is 11.3 Å². The van der Waals surface area contributed by atoms with Crippen LogP contribution in [0, 0.1) is 18.8 Å². The summed E-state index contributed by atoms with van der Waals surface area (Å²) in [6, 6.07) is 17.1. The number of aromatic nitrogens is 1. The van der Waals surface area contributed by atoms with Crippen molar-refractivity contribution >= 4 is 16.8 Å². The van der Waals surface area contributed by atoms with E-state index in [0.717, 1.165) is 42.4 Å². The van der Waals surface area contributed by atoms with E-state index in [0.29, 0.717) is 13.1 Å². The second-order valence-electron chi connectivity index (χ2n) is 9.14. The molecule has 4 nitrogen and oxygen atoms in total. The number of piperidine rings is 1. The van der Waals surface area contributed by atoms with Crippen molar-refractivity contribution in [2.24, 2.45) is 11.8 Å². The van der Waals surface area contributed by atoms with Crippen LogP contribution in [0.15, 0.2) is 54.7 Å². The molecule has 0 spiro atoms. The number of benzene rings is 2. The average Bonchev–Trinajstić information content (AvgIpc) is 3.10. The van der Waals surface area contributed by atoms with Crippen molar-refractivity contribution in [3.8, 4) is 11.1 Å². The summed E-state index contributed by atoms with van der Waals surface area (Å²) in [5, 5.41) is 4.28. The van der Waals surface area contributed by atoms with E-state index in [1.165, 1.54) is 23.1 Å². The quantitative estimate of drug-likeness (QED) is 0.647. The van der Waals surface area contributed by atoms with Gasteiger partial charge >= 0.3 is 0 Å². The molecule has 0 aliphatic carbocycles. The normalized spacial score (nSPS) is 19.8. The first-order chi connectivity index (χ1) is 14.5. The molecule has 1 N–H and O–H groups in total. The first-order valence-corrected chi connectivity index (χ1v) is 11.1. The number of carbonyl (C=O) groups is 1. The van der Waals surface area contributed by atoms with Gasteiger partial charge in [0.15, 0.2) is 0 Å². The van der Waals surface area contributed by atoms with Gasteiger partial charge in [-0.3, -0.25) is 4.79 Å². The van der Waals surface area contributed by atoms with E-state index in [-0.39, 0.29) is 5.91 Å². The molecular formula is C26H33N3O. The standard InChI is InChI=1S/C26H33N3O/c1-19-4-6-22(7-5-19)24-9-8-23-10-12-29(25(23)15-24)18-26(30)27-11-13-28-16-20(2)14-21(3)17-28/h4-10,12,15,20-21H,11,13-14,16-18H2,1-3H3,(H,27,30). The number of amides is 1. The van der Waals surface area contributed by atoms with Crippen molar-refractivity contribution in [2.75, 3.05) is 26.2 Å². The number of nitrogens with one attached hydrogen (secondary N) is 1. The summed E-state index contributed by atoms with van der Waals surface area (Å²) in [5.74, 6) is 1.57. The van der Waals surface area contributed by atoms with Crippen LogP contribution in [-0.4, -0.2) is 41.6 Å². The topological polar surface area (TPSA) is 37.3 Å². The Morgan fingerprint density at radius 3 is 2.43 bits per heavy atom. The van der Waals surface area contributed by atoms with Crippen LogP contribution < -0.4 is 5.32 Å². The second kappa shape index (κ2) is 9.05. The SMILES string of the molecule is Cc1ccc(-c2ccc3ccn(CC(=O)NCCN4CC(C)CC(C)C4)c3c2)cc1. The molecule has 0 radical (unpaired) electrons. The summed E-state index contributed by atoms with van der Waals surface area (Å²) in [5.41, 5.74) is 4.73. The lowest BCUT2D eigenvalue weighted by Gasteiger charge is -2.34. The Balaban J connectivity index is 1.38. The van der Waals surface area contributed by atoms with E-state index < -0.39 is 0 Å². The van der Waals surface area contributed by atoms with Gasteiger partial charge in [0.2, 0.25) is 5.91 Å². The molecule has 2 unspecified atom stereocenters. The van der Waals surface area contributed by atoms with Crippen molar-refractivity contribution in [2.45, 2.75) is 33.7 Å². The molecule has 1 saturated heterocycles. The Kier molecular flexibility index (Phi) is 6.24. The number of nitrogens with zero attached hydrogens (tertiary/aromatic N) is 2. The maximum absolute atomic E-state index is 12.6. The number of fused-ring (bicyclic) bond motifs is 1. The van der Waals surface area contributed by atoms with E-state index in [9.17, 15) is 4.79 Å². The number of likely N-dealkylation sites (tertiary alicyclic amines) is 1. The predicted molar refractivity (Wildman–Crippen MR) is 125 cm³/mol. The minimum absolute atomic E-state index is 0.0753. The lowest BCUT2D eigenvalue weighted by atomic mass is 9.92. The molecule has 158 valence electrons. The van der Waals surface area contributed by atoms with E-state index >= 15 is 0 Å². The number of aryl methyl sites for hydroxylation is 1. The van der Waals surface area contributed by atoms with Gasteiger partial charge in [0.05, 0.1) is 0 Å². The Labute approximate surface area is 179 Å². The smallest absolute Gasteiger partial charge is 0.239 e. The minimum Gasteiger partial charge on any atom is -0.353 e. The molecule has 0 bridgehead atoms. The fourth-order valence-electron chi connectivity index (χ4n) is 4.79. The molecular weight excluding hydrogens is 370 g/mol. The van der Waals surface area contributed by atoms with Crippen molar-refractivity contribution in [3.63, 3.8) is 0 Å². The van der Waals surface area contributed by atoms with Gasteiger partial charge in [0, 0.05) is 37.9 Å². The fraction of sp³-hybridized carbons (Fsp3) is 0.423. The predicted octanol–water partition coefficient (Wildman–Crippen LogP) is 4.71. The van der Waals surface area contributed by atoms with Crippen LogP contribution in [0.2, 0.25) is 0 Å². The van der Waals surface area contributed by atoms with Gasteiger partial charge < -0.3 is 14.8 Å². The molecule has 2 heterocycles.